The van der Waals surface area contributed by atoms with Crippen molar-refractivity contribution in [2.24, 2.45) is 76.9 Å². The first-order chi connectivity index (χ1) is 29.2. The zero-order valence-corrected chi connectivity index (χ0v) is 39.1. The van der Waals surface area contributed by atoms with Gasteiger partial charge in [-0.05, 0) is 231 Å². The third kappa shape index (κ3) is 8.26. The summed E-state index contributed by atoms with van der Waals surface area (Å²) >= 11 is 5.04. The molecule has 3 N–H and O–H groups in total. The molecular formula is C53H88N4S2. The number of likely N-dealkylation sites (tertiary alicyclic amines) is 1. The smallest absolute Gasteiger partial charge is 0.0257 e. The number of fused-ring (bicyclic) bond motifs is 6. The van der Waals surface area contributed by atoms with Gasteiger partial charge in [0, 0.05) is 58.3 Å². The minimum Gasteiger partial charge on any atom is -0.312 e. The van der Waals surface area contributed by atoms with Crippen molar-refractivity contribution < 1.29 is 0 Å². The van der Waals surface area contributed by atoms with E-state index in [0.717, 1.165) is 129 Å². The normalized spacial score (nSPS) is 52.6. The fraction of sp³-hybridized carbons (Fsp3) is 1.00. The highest BCUT2D eigenvalue weighted by atomic mass is 32.2. The molecule has 12 aliphatic rings. The van der Waals surface area contributed by atoms with Crippen molar-refractivity contribution in [3.8, 4) is 0 Å². The minimum absolute atomic E-state index is 0.698. The summed E-state index contributed by atoms with van der Waals surface area (Å²) in [6.45, 7) is 3.55. The van der Waals surface area contributed by atoms with E-state index in [2.05, 4.69) is 44.6 Å². The number of thioether (sulfide) groups is 2. The molecule has 7 saturated carbocycles. The fourth-order valence-corrected chi connectivity index (χ4v) is 23.0. The molecule has 0 aromatic carbocycles. The number of piperidine rings is 1. The molecule has 17 unspecified atom stereocenters. The van der Waals surface area contributed by atoms with Crippen LogP contribution in [0, 0.1) is 76.9 Å². The zero-order valence-electron chi connectivity index (χ0n) is 37.5. The highest BCUT2D eigenvalue weighted by Crippen LogP contribution is 2.60. The second-order valence-corrected chi connectivity index (χ2v) is 27.5. The second kappa shape index (κ2) is 18.1. The lowest BCUT2D eigenvalue weighted by atomic mass is 9.61. The van der Waals surface area contributed by atoms with E-state index in [9.17, 15) is 0 Å². The lowest BCUT2D eigenvalue weighted by Crippen LogP contribution is -2.61. The van der Waals surface area contributed by atoms with E-state index in [1.54, 1.807) is 116 Å². The van der Waals surface area contributed by atoms with Gasteiger partial charge in [0.15, 0.2) is 0 Å². The van der Waals surface area contributed by atoms with E-state index in [1.807, 2.05) is 0 Å². The van der Waals surface area contributed by atoms with E-state index in [-0.39, 0.29) is 0 Å². The average Bonchev–Trinajstić information content (AvgIpc) is 4.03. The maximum atomic E-state index is 4.01. The van der Waals surface area contributed by atoms with Gasteiger partial charge in [0.2, 0.25) is 0 Å². The molecule has 0 spiro atoms. The third-order valence-corrected chi connectivity index (χ3v) is 25.7. The van der Waals surface area contributed by atoms with Crippen molar-refractivity contribution in [2.45, 2.75) is 231 Å². The summed E-state index contributed by atoms with van der Waals surface area (Å²) in [6, 6.07) is 3.47. The Morgan fingerprint density at radius 2 is 0.814 bits per heavy atom. The van der Waals surface area contributed by atoms with E-state index in [4.69, 9.17) is 0 Å². The molecule has 0 radical (unpaired) electrons. The number of hydrogen-bond donors (Lipinski definition) is 3. The lowest BCUT2D eigenvalue weighted by Gasteiger charge is -2.48. The molecule has 0 bridgehead atoms. The Morgan fingerprint density at radius 3 is 1.39 bits per heavy atom. The van der Waals surface area contributed by atoms with Crippen molar-refractivity contribution in [1.29, 1.82) is 0 Å². The first-order valence-electron chi connectivity index (χ1n) is 27.5. The van der Waals surface area contributed by atoms with Crippen LogP contribution in [0.25, 0.3) is 0 Å². The van der Waals surface area contributed by atoms with Gasteiger partial charge in [-0.3, -0.25) is 15.8 Å². The van der Waals surface area contributed by atoms with Crippen LogP contribution >= 0.6 is 23.5 Å². The van der Waals surface area contributed by atoms with Gasteiger partial charge in [-0.15, -0.1) is 0 Å². The summed E-state index contributed by atoms with van der Waals surface area (Å²) < 4.78 is 0. The van der Waals surface area contributed by atoms with Crippen LogP contribution in [0.3, 0.4) is 0 Å². The monoisotopic (exact) mass is 845 g/mol. The molecule has 7 aliphatic carbocycles. The molecule has 59 heavy (non-hydrogen) atoms. The van der Waals surface area contributed by atoms with Gasteiger partial charge in [0.25, 0.3) is 0 Å². The summed E-state index contributed by atoms with van der Waals surface area (Å²) in [5.74, 6) is 13.3. The van der Waals surface area contributed by atoms with Crippen LogP contribution in [0.5, 0.6) is 0 Å². The van der Waals surface area contributed by atoms with Crippen molar-refractivity contribution >= 4 is 23.5 Å². The number of hydrogen-bond acceptors (Lipinski definition) is 6. The van der Waals surface area contributed by atoms with Crippen LogP contribution in [0.15, 0.2) is 0 Å². The summed E-state index contributed by atoms with van der Waals surface area (Å²) in [4.78, 5) is 3.39. The minimum atomic E-state index is 0.698. The Balaban J connectivity index is 0.722. The predicted octanol–water partition coefficient (Wildman–Crippen LogP) is 11.9. The fourth-order valence-electron chi connectivity index (χ4n) is 19.0. The Hall–Kier alpha value is 0.540. The molecule has 0 amide bonds. The van der Waals surface area contributed by atoms with Crippen molar-refractivity contribution in [2.75, 3.05) is 19.6 Å². The molecule has 12 rings (SSSR count). The Labute approximate surface area is 370 Å². The van der Waals surface area contributed by atoms with Crippen molar-refractivity contribution in [3.63, 3.8) is 0 Å². The summed E-state index contributed by atoms with van der Waals surface area (Å²) in [5.41, 5.74) is 6.93. The maximum Gasteiger partial charge on any atom is 0.0257 e. The number of nitrogens with zero attached hydrogens (tertiary/aromatic N) is 1. The van der Waals surface area contributed by atoms with Crippen LogP contribution in [-0.4, -0.2) is 69.7 Å². The van der Waals surface area contributed by atoms with Gasteiger partial charge >= 0.3 is 0 Å². The van der Waals surface area contributed by atoms with Gasteiger partial charge in [-0.25, -0.2) is 0 Å². The molecule has 6 heteroatoms. The number of rotatable bonds is 6. The molecule has 5 aliphatic heterocycles. The second-order valence-electron chi connectivity index (χ2n) is 24.5. The molecule has 4 nitrogen and oxygen atoms in total. The van der Waals surface area contributed by atoms with Gasteiger partial charge in [-0.2, -0.15) is 23.5 Å². The molecule has 0 aromatic rings. The summed E-state index contributed by atoms with van der Waals surface area (Å²) in [5, 5.41) is 8.14. The molecular weight excluding hydrogens is 757 g/mol. The van der Waals surface area contributed by atoms with Crippen LogP contribution in [0.4, 0.5) is 0 Å². The highest BCUT2D eigenvalue weighted by molar-refractivity contribution is 8.01. The molecule has 332 valence electrons. The van der Waals surface area contributed by atoms with Crippen LogP contribution < -0.4 is 16.2 Å². The quantitative estimate of drug-likeness (QED) is 0.247. The Kier molecular flexibility index (Phi) is 12.6. The van der Waals surface area contributed by atoms with E-state index in [1.165, 1.54) is 77.2 Å². The van der Waals surface area contributed by atoms with E-state index >= 15 is 0 Å². The molecule has 17 atom stereocenters. The molecule has 12 fully saturated rings. The SMILES string of the molecule is C1CCC(C2CC3CC(C4CCC5C(C4)C4CC(C6CCC7SC(C8CCCCC8)CC7C6)CCC4N5C4CCC(C5CNC6CNNCC6C5)CC4)CCC3S2)CC1. The zero-order chi connectivity index (χ0) is 38.9. The molecule has 0 aromatic heterocycles. The van der Waals surface area contributed by atoms with Crippen LogP contribution in [0.1, 0.15) is 186 Å². The summed E-state index contributed by atoms with van der Waals surface area (Å²) in [7, 11) is 0. The third-order valence-electron chi connectivity index (χ3n) is 21.9. The molecule has 5 heterocycles. The Bertz CT molecular complexity index is 1310. The van der Waals surface area contributed by atoms with Crippen molar-refractivity contribution in [1.82, 2.24) is 21.1 Å². The first kappa shape index (κ1) is 41.0. The number of hydrazine groups is 1. The molecule has 5 saturated heterocycles. The van der Waals surface area contributed by atoms with Crippen molar-refractivity contribution in [3.05, 3.63) is 0 Å². The van der Waals surface area contributed by atoms with Gasteiger partial charge in [-0.1, -0.05) is 38.5 Å². The van der Waals surface area contributed by atoms with E-state index < -0.39 is 0 Å². The van der Waals surface area contributed by atoms with Gasteiger partial charge < -0.3 is 5.32 Å². The maximum absolute atomic E-state index is 4.01. The van der Waals surface area contributed by atoms with Crippen LogP contribution in [0.2, 0.25) is 0 Å². The van der Waals surface area contributed by atoms with Gasteiger partial charge in [0.05, 0.1) is 0 Å². The lowest BCUT2D eigenvalue weighted by molar-refractivity contribution is 0.0240. The summed E-state index contributed by atoms with van der Waals surface area (Å²) in [6.07, 6.45) is 45.3. The Morgan fingerprint density at radius 1 is 0.322 bits per heavy atom. The highest BCUT2D eigenvalue weighted by Gasteiger charge is 2.57. The first-order valence-corrected chi connectivity index (χ1v) is 29.3. The average molecular weight is 845 g/mol. The van der Waals surface area contributed by atoms with Gasteiger partial charge in [0.1, 0.15) is 0 Å². The predicted molar refractivity (Wildman–Crippen MR) is 251 cm³/mol. The standard InChI is InChI=1S/C53H88N4S2/c1-3-7-34(8-4-1)52-28-40-23-36(15-21-50(40)58-52)38-13-19-48-45(26-38)46-27-39(37-16-22-51-41(24-37)29-53(59-51)35-9-5-2-6-10-35)14-20-49(46)57(48)44-17-11-33(12-18-44)42-25-43-31-55-56-32-47(43)54-30-42/h33-56H,1-32H2. The number of nitrogens with one attached hydrogen (secondary N) is 3. The largest absolute Gasteiger partial charge is 0.312 e. The van der Waals surface area contributed by atoms with E-state index in [0.29, 0.717) is 6.04 Å². The topological polar surface area (TPSA) is 39.3 Å². The van der Waals surface area contributed by atoms with Crippen LogP contribution in [-0.2, 0) is 0 Å².